The molecule has 7 aromatic carbocycles. The van der Waals surface area contributed by atoms with Gasteiger partial charge in [0.1, 0.15) is 0 Å². The topological polar surface area (TPSA) is 43.6 Å². The highest BCUT2D eigenvalue weighted by Crippen LogP contribution is 2.38. The third-order valence-electron chi connectivity index (χ3n) is 7.93. The second kappa shape index (κ2) is 12.2. The zero-order valence-electron chi connectivity index (χ0n) is 42.3. The third-order valence-corrected chi connectivity index (χ3v) is 7.93. The lowest BCUT2D eigenvalue weighted by Gasteiger charge is -2.16. The van der Waals surface area contributed by atoms with Gasteiger partial charge in [-0.1, -0.05) is 151 Å². The maximum atomic E-state index is 9.18. The molecular weight excluding hydrogens is 597 g/mol. The van der Waals surface area contributed by atoms with Crippen molar-refractivity contribution in [2.75, 3.05) is 0 Å². The molecule has 0 bridgehead atoms. The van der Waals surface area contributed by atoms with Gasteiger partial charge in [-0.15, -0.1) is 0 Å². The van der Waals surface area contributed by atoms with E-state index < -0.39 is 96.2 Å². The van der Waals surface area contributed by atoms with Crippen LogP contribution in [0.5, 0.6) is 0 Å². The largest absolute Gasteiger partial charge is 0.309 e. The van der Waals surface area contributed by atoms with Crippen LogP contribution in [0.4, 0.5) is 0 Å². The standard InChI is InChI=1S/C45H30N4/c1-4-15-31(16-5-1)34-21-14-22-36(29-34)44-46-43(33-19-8-3-9-20-33)47-45(48-44)39-30-35(32-17-6-2-7-18-32)27-28-42(39)49-40-25-12-10-23-37(40)38-24-11-13-26-41(38)49/h1-30H/i2D,3D,6D,7D,8D,9D,10D,11D,12D,17D,18D,19D,20D,23D,24D,25D,26D. The lowest BCUT2D eigenvalue weighted by Crippen LogP contribution is -2.04. The summed E-state index contributed by atoms with van der Waals surface area (Å²) in [6.07, 6.45) is 0. The normalized spacial score (nSPS) is 16.1. The fourth-order valence-corrected chi connectivity index (χ4v) is 5.74. The lowest BCUT2D eigenvalue weighted by atomic mass is 10.0. The number of fused-ring (bicyclic) bond motifs is 3. The number of benzene rings is 7. The first-order chi connectivity index (χ1) is 31.3. The van der Waals surface area contributed by atoms with Gasteiger partial charge in [-0.2, -0.15) is 0 Å². The molecule has 9 aromatic rings. The predicted octanol–water partition coefficient (Wildman–Crippen LogP) is 11.3. The Labute approximate surface area is 308 Å². The minimum atomic E-state index is -0.674. The van der Waals surface area contributed by atoms with E-state index in [1.54, 1.807) is 18.2 Å². The number of para-hydroxylation sites is 2. The SMILES string of the molecule is [2H]c1cc([2H])c2c(c1[2H])c1c([2H])c([2H])c([2H])c([2H])c1n2-c1ccc(-c2c([2H])c([2H])c([2H])c([2H])c2[2H])cc1-c1nc(-c2cccc(-c3ccccc3)c2)nc(-c2c([2H])c([2H])c([2H])c([2H])c2[2H])n1. The number of nitrogens with zero attached hydrogens (tertiary/aromatic N) is 4. The van der Waals surface area contributed by atoms with Crippen molar-refractivity contribution in [1.82, 2.24) is 19.5 Å². The summed E-state index contributed by atoms with van der Waals surface area (Å²) >= 11 is 0. The Morgan fingerprint density at radius 3 is 1.78 bits per heavy atom. The van der Waals surface area contributed by atoms with E-state index in [9.17, 15) is 1.37 Å². The van der Waals surface area contributed by atoms with Crippen LogP contribution >= 0.6 is 0 Å². The van der Waals surface area contributed by atoms with Crippen molar-refractivity contribution in [2.45, 2.75) is 0 Å². The van der Waals surface area contributed by atoms with Crippen LogP contribution in [0.25, 0.3) is 83.9 Å². The Hall–Kier alpha value is -6.65. The summed E-state index contributed by atoms with van der Waals surface area (Å²) in [4.78, 5) is 14.3. The molecule has 0 unspecified atom stereocenters. The van der Waals surface area contributed by atoms with Gasteiger partial charge in [0.2, 0.25) is 0 Å². The highest BCUT2D eigenvalue weighted by molar-refractivity contribution is 6.09. The molecule has 0 aliphatic heterocycles. The van der Waals surface area contributed by atoms with Crippen molar-refractivity contribution in [3.8, 4) is 62.1 Å². The zero-order valence-corrected chi connectivity index (χ0v) is 25.3. The van der Waals surface area contributed by atoms with Crippen LogP contribution in [0, 0.1) is 0 Å². The summed E-state index contributed by atoms with van der Waals surface area (Å²) < 4.78 is 149. The molecule has 49 heavy (non-hydrogen) atoms. The minimum absolute atomic E-state index is 0.0102. The summed E-state index contributed by atoms with van der Waals surface area (Å²) in [5.41, 5.74) is 0.986. The van der Waals surface area contributed by atoms with Crippen LogP contribution < -0.4 is 0 Å². The molecule has 0 aliphatic carbocycles. The van der Waals surface area contributed by atoms with Crippen LogP contribution in [0.1, 0.15) is 23.3 Å². The Kier molecular flexibility index (Phi) is 3.97. The van der Waals surface area contributed by atoms with Gasteiger partial charge in [-0.3, -0.25) is 0 Å². The summed E-state index contributed by atoms with van der Waals surface area (Å²) in [7, 11) is 0. The van der Waals surface area contributed by atoms with E-state index in [-0.39, 0.29) is 73.7 Å². The van der Waals surface area contributed by atoms with Gasteiger partial charge >= 0.3 is 0 Å². The molecule has 0 N–H and O–H groups in total. The van der Waals surface area contributed by atoms with Gasteiger partial charge in [0.05, 0.1) is 40.0 Å². The smallest absolute Gasteiger partial charge is 0.166 e. The third kappa shape index (κ3) is 5.26. The van der Waals surface area contributed by atoms with Gasteiger partial charge in [0.25, 0.3) is 0 Å². The predicted molar refractivity (Wildman–Crippen MR) is 201 cm³/mol. The molecule has 9 rings (SSSR count). The summed E-state index contributed by atoms with van der Waals surface area (Å²) in [5.74, 6) is -0.716. The lowest BCUT2D eigenvalue weighted by molar-refractivity contribution is 1.06. The van der Waals surface area contributed by atoms with Gasteiger partial charge in [0.15, 0.2) is 17.5 Å². The molecule has 0 saturated heterocycles. The molecule has 0 spiro atoms. The maximum Gasteiger partial charge on any atom is 0.166 e. The number of hydrogen-bond acceptors (Lipinski definition) is 3. The van der Waals surface area contributed by atoms with E-state index in [0.717, 1.165) is 17.2 Å². The first kappa shape index (κ1) is 16.0. The number of rotatable bonds is 6. The average Bonchev–Trinajstić information content (AvgIpc) is 3.69. The van der Waals surface area contributed by atoms with E-state index in [0.29, 0.717) is 5.56 Å². The molecule has 4 heteroatoms. The number of aromatic nitrogens is 4. The van der Waals surface area contributed by atoms with Crippen molar-refractivity contribution in [1.29, 1.82) is 0 Å². The molecule has 4 nitrogen and oxygen atoms in total. The van der Waals surface area contributed by atoms with E-state index in [1.165, 1.54) is 22.8 Å². The fourth-order valence-electron chi connectivity index (χ4n) is 5.74. The second-order valence-electron chi connectivity index (χ2n) is 10.8. The molecule has 0 fully saturated rings. The van der Waals surface area contributed by atoms with Crippen LogP contribution in [0.3, 0.4) is 0 Å². The Balaban J connectivity index is 1.48. The minimum Gasteiger partial charge on any atom is -0.309 e. The van der Waals surface area contributed by atoms with Crippen LogP contribution in [0.15, 0.2) is 182 Å². The summed E-state index contributed by atoms with van der Waals surface area (Å²) in [5, 5.41) is -0.304. The molecule has 0 atom stereocenters. The van der Waals surface area contributed by atoms with Gasteiger partial charge < -0.3 is 4.57 Å². The van der Waals surface area contributed by atoms with Gasteiger partial charge in [0, 0.05) is 27.5 Å². The van der Waals surface area contributed by atoms with Crippen molar-refractivity contribution in [3.63, 3.8) is 0 Å². The number of hydrogen-bond donors (Lipinski definition) is 0. The van der Waals surface area contributed by atoms with E-state index in [4.69, 9.17) is 31.9 Å². The summed E-state index contributed by atoms with van der Waals surface area (Å²) in [6.45, 7) is 0. The van der Waals surface area contributed by atoms with Crippen LogP contribution in [-0.2, 0) is 0 Å². The first-order valence-electron chi connectivity index (χ1n) is 23.6. The molecule has 2 aromatic heterocycles. The Morgan fingerprint density at radius 1 is 0.388 bits per heavy atom. The highest BCUT2D eigenvalue weighted by Gasteiger charge is 2.20. The quantitative estimate of drug-likeness (QED) is 0.181. The van der Waals surface area contributed by atoms with E-state index in [2.05, 4.69) is 4.98 Å². The first-order valence-corrected chi connectivity index (χ1v) is 15.1. The Bertz CT molecular complexity index is 3520. The molecular formula is C45H30N4. The van der Waals surface area contributed by atoms with Crippen molar-refractivity contribution < 1.29 is 23.3 Å². The highest BCUT2D eigenvalue weighted by atomic mass is 15.1. The molecule has 230 valence electrons. The van der Waals surface area contributed by atoms with E-state index in [1.807, 2.05) is 36.4 Å². The van der Waals surface area contributed by atoms with Gasteiger partial charge in [-0.25, -0.2) is 15.0 Å². The van der Waals surface area contributed by atoms with Crippen molar-refractivity contribution in [3.05, 3.63) is 182 Å². The second-order valence-corrected chi connectivity index (χ2v) is 10.8. The Morgan fingerprint density at radius 2 is 0.980 bits per heavy atom. The monoisotopic (exact) mass is 643 g/mol. The van der Waals surface area contributed by atoms with Crippen molar-refractivity contribution >= 4 is 21.8 Å². The van der Waals surface area contributed by atoms with Gasteiger partial charge in [-0.05, 0) is 52.5 Å². The molecule has 0 aliphatic rings. The molecule has 2 heterocycles. The molecule has 0 radical (unpaired) electrons. The maximum absolute atomic E-state index is 9.18. The molecule has 0 amide bonds. The zero-order chi connectivity index (χ0) is 47.4. The summed E-state index contributed by atoms with van der Waals surface area (Å²) in [6, 6.07) is 11.8. The van der Waals surface area contributed by atoms with E-state index >= 15 is 0 Å². The van der Waals surface area contributed by atoms with Crippen molar-refractivity contribution in [2.24, 2.45) is 0 Å². The fraction of sp³-hybridized carbons (Fsp3) is 0. The average molecular weight is 644 g/mol. The van der Waals surface area contributed by atoms with Crippen LogP contribution in [-0.4, -0.2) is 19.5 Å². The van der Waals surface area contributed by atoms with Crippen LogP contribution in [0.2, 0.25) is 0 Å². The molecule has 0 saturated carbocycles.